The van der Waals surface area contributed by atoms with E-state index in [-0.39, 0.29) is 0 Å². The van der Waals surface area contributed by atoms with Crippen LogP contribution in [-0.2, 0) is 0 Å². The van der Waals surface area contributed by atoms with E-state index in [1.165, 1.54) is 6.08 Å². The maximum atomic E-state index is 10.4. The first-order valence-corrected chi connectivity index (χ1v) is 6.35. The number of benzene rings is 2. The van der Waals surface area contributed by atoms with Gasteiger partial charge in [0.05, 0.1) is 4.92 Å². The predicted octanol–water partition coefficient (Wildman–Crippen LogP) is 5.03. The Morgan fingerprint density at radius 2 is 1.75 bits per heavy atom. The molecule has 0 aliphatic heterocycles. The van der Waals surface area contributed by atoms with Crippen LogP contribution >= 0.6 is 23.2 Å². The van der Waals surface area contributed by atoms with Crippen LogP contribution in [0.4, 0.5) is 0 Å². The molecule has 0 saturated heterocycles. The average molecular weight is 310 g/mol. The molecule has 0 amide bonds. The molecule has 0 aliphatic carbocycles. The van der Waals surface area contributed by atoms with Crippen LogP contribution < -0.4 is 4.74 Å². The molecule has 0 radical (unpaired) electrons. The summed E-state index contributed by atoms with van der Waals surface area (Å²) in [6.45, 7) is 0. The largest absolute Gasteiger partial charge is 0.457 e. The van der Waals surface area contributed by atoms with Crippen molar-refractivity contribution in [3.63, 3.8) is 0 Å². The summed E-state index contributed by atoms with van der Waals surface area (Å²) >= 11 is 11.8. The summed E-state index contributed by atoms with van der Waals surface area (Å²) in [5.74, 6) is 0.938. The van der Waals surface area contributed by atoms with Crippen molar-refractivity contribution in [1.29, 1.82) is 0 Å². The van der Waals surface area contributed by atoms with Crippen molar-refractivity contribution in [1.82, 2.24) is 0 Å². The van der Waals surface area contributed by atoms with Gasteiger partial charge < -0.3 is 4.74 Å². The molecule has 102 valence electrons. The standard InChI is InChI=1S/C14H9Cl2NO3/c15-11-7-12(16)9-13(8-11)20-14-4-2-1-3-10(14)5-6-17(18)19/h1-9H/b6-5+. The predicted molar refractivity (Wildman–Crippen MR) is 79.0 cm³/mol. The summed E-state index contributed by atoms with van der Waals surface area (Å²) in [5.41, 5.74) is 0.584. The van der Waals surface area contributed by atoms with E-state index >= 15 is 0 Å². The SMILES string of the molecule is O=[N+]([O-])/C=C/c1ccccc1Oc1cc(Cl)cc(Cl)c1. The van der Waals surface area contributed by atoms with Gasteiger partial charge in [0.25, 0.3) is 0 Å². The fourth-order valence-electron chi connectivity index (χ4n) is 1.57. The van der Waals surface area contributed by atoms with Crippen molar-refractivity contribution in [3.05, 3.63) is 74.4 Å². The van der Waals surface area contributed by atoms with Crippen LogP contribution in [0, 0.1) is 10.1 Å². The van der Waals surface area contributed by atoms with Crippen LogP contribution in [0.15, 0.2) is 48.7 Å². The molecule has 2 aromatic carbocycles. The highest BCUT2D eigenvalue weighted by Gasteiger charge is 2.05. The zero-order valence-electron chi connectivity index (χ0n) is 10.1. The van der Waals surface area contributed by atoms with E-state index in [0.717, 1.165) is 6.20 Å². The minimum atomic E-state index is -0.535. The van der Waals surface area contributed by atoms with E-state index in [9.17, 15) is 10.1 Å². The van der Waals surface area contributed by atoms with Crippen LogP contribution in [0.1, 0.15) is 5.56 Å². The van der Waals surface area contributed by atoms with Gasteiger partial charge in [-0.3, -0.25) is 10.1 Å². The molecule has 0 aromatic heterocycles. The Labute approximate surface area is 125 Å². The fourth-order valence-corrected chi connectivity index (χ4v) is 2.07. The van der Waals surface area contributed by atoms with E-state index in [1.54, 1.807) is 42.5 Å². The Morgan fingerprint density at radius 1 is 1.10 bits per heavy atom. The second-order valence-electron chi connectivity index (χ2n) is 3.85. The molecule has 2 aromatic rings. The topological polar surface area (TPSA) is 52.4 Å². The van der Waals surface area contributed by atoms with Crippen LogP contribution in [-0.4, -0.2) is 4.92 Å². The number of rotatable bonds is 4. The van der Waals surface area contributed by atoms with Gasteiger partial charge in [-0.25, -0.2) is 0 Å². The third-order valence-corrected chi connectivity index (χ3v) is 2.80. The van der Waals surface area contributed by atoms with Gasteiger partial charge in [0.2, 0.25) is 6.20 Å². The number of hydrogen-bond acceptors (Lipinski definition) is 3. The first-order valence-electron chi connectivity index (χ1n) is 5.59. The van der Waals surface area contributed by atoms with Gasteiger partial charge in [-0.05, 0) is 24.3 Å². The van der Waals surface area contributed by atoms with Gasteiger partial charge in [-0.15, -0.1) is 0 Å². The molecule has 20 heavy (non-hydrogen) atoms. The molecular weight excluding hydrogens is 301 g/mol. The smallest absolute Gasteiger partial charge is 0.235 e. The normalized spacial score (nSPS) is 10.7. The van der Waals surface area contributed by atoms with Gasteiger partial charge in [0, 0.05) is 21.7 Å². The number of halogens is 2. The van der Waals surface area contributed by atoms with Crippen LogP contribution in [0.5, 0.6) is 11.5 Å². The number of hydrogen-bond donors (Lipinski definition) is 0. The van der Waals surface area contributed by atoms with Crippen LogP contribution in [0.25, 0.3) is 6.08 Å². The third kappa shape index (κ3) is 3.98. The summed E-state index contributed by atoms with van der Waals surface area (Å²) in [5, 5.41) is 11.3. The molecule has 0 saturated carbocycles. The first kappa shape index (κ1) is 14.4. The zero-order valence-corrected chi connectivity index (χ0v) is 11.6. The summed E-state index contributed by atoms with van der Waals surface area (Å²) in [6.07, 6.45) is 2.22. The molecule has 0 atom stereocenters. The van der Waals surface area contributed by atoms with Crippen molar-refractivity contribution in [2.24, 2.45) is 0 Å². The molecule has 6 heteroatoms. The quantitative estimate of drug-likeness (QED) is 0.587. The summed E-state index contributed by atoms with van der Waals surface area (Å²) in [6, 6.07) is 11.8. The number of nitrogens with zero attached hydrogens (tertiary/aromatic N) is 1. The maximum absolute atomic E-state index is 10.4. The number of nitro groups is 1. The highest BCUT2D eigenvalue weighted by Crippen LogP contribution is 2.30. The molecular formula is C14H9Cl2NO3. The lowest BCUT2D eigenvalue weighted by molar-refractivity contribution is -0.400. The molecule has 0 fully saturated rings. The monoisotopic (exact) mass is 309 g/mol. The third-order valence-electron chi connectivity index (χ3n) is 2.36. The van der Waals surface area contributed by atoms with Gasteiger partial charge in [0.1, 0.15) is 11.5 Å². The highest BCUT2D eigenvalue weighted by atomic mass is 35.5. The molecule has 0 heterocycles. The van der Waals surface area contributed by atoms with Crippen molar-refractivity contribution in [3.8, 4) is 11.5 Å². The van der Waals surface area contributed by atoms with E-state index < -0.39 is 4.92 Å². The summed E-state index contributed by atoms with van der Waals surface area (Å²) in [4.78, 5) is 9.84. The Balaban J connectivity index is 2.31. The Bertz CT molecular complexity index is 651. The molecule has 0 unspecified atom stereocenters. The molecule has 2 rings (SSSR count). The Morgan fingerprint density at radius 3 is 2.40 bits per heavy atom. The van der Waals surface area contributed by atoms with Crippen LogP contribution in [0.3, 0.4) is 0 Å². The van der Waals surface area contributed by atoms with Gasteiger partial charge in [0.15, 0.2) is 0 Å². The summed E-state index contributed by atoms with van der Waals surface area (Å²) < 4.78 is 5.66. The van der Waals surface area contributed by atoms with Crippen molar-refractivity contribution < 1.29 is 9.66 Å². The maximum Gasteiger partial charge on any atom is 0.235 e. The van der Waals surface area contributed by atoms with Crippen molar-refractivity contribution in [2.75, 3.05) is 0 Å². The molecule has 4 nitrogen and oxygen atoms in total. The lowest BCUT2D eigenvalue weighted by Gasteiger charge is -2.09. The van der Waals surface area contributed by atoms with Crippen molar-refractivity contribution in [2.45, 2.75) is 0 Å². The zero-order chi connectivity index (χ0) is 14.5. The van der Waals surface area contributed by atoms with Crippen molar-refractivity contribution >= 4 is 29.3 Å². The number of ether oxygens (including phenoxy) is 1. The Hall–Kier alpha value is -2.04. The van der Waals surface area contributed by atoms with E-state index in [4.69, 9.17) is 27.9 Å². The van der Waals surface area contributed by atoms with Gasteiger partial charge in [-0.1, -0.05) is 41.4 Å². The minimum Gasteiger partial charge on any atom is -0.457 e. The van der Waals surface area contributed by atoms with E-state index in [0.29, 0.717) is 27.1 Å². The second-order valence-corrected chi connectivity index (χ2v) is 4.72. The average Bonchev–Trinajstić information content (AvgIpc) is 2.36. The first-order chi connectivity index (χ1) is 9.54. The van der Waals surface area contributed by atoms with Gasteiger partial charge in [-0.2, -0.15) is 0 Å². The lowest BCUT2D eigenvalue weighted by Crippen LogP contribution is -1.89. The number of para-hydroxylation sites is 1. The van der Waals surface area contributed by atoms with E-state index in [1.807, 2.05) is 0 Å². The molecule has 0 spiro atoms. The second kappa shape index (κ2) is 6.41. The molecule has 0 N–H and O–H groups in total. The Kier molecular flexibility index (Phi) is 4.61. The van der Waals surface area contributed by atoms with E-state index in [2.05, 4.69) is 0 Å². The lowest BCUT2D eigenvalue weighted by atomic mass is 10.2. The molecule has 0 aliphatic rings. The molecule has 0 bridgehead atoms. The van der Waals surface area contributed by atoms with Gasteiger partial charge >= 0.3 is 0 Å². The minimum absolute atomic E-state index is 0.450. The van der Waals surface area contributed by atoms with Crippen LogP contribution in [0.2, 0.25) is 10.0 Å². The fraction of sp³-hybridized carbons (Fsp3) is 0. The highest BCUT2D eigenvalue weighted by molar-refractivity contribution is 6.34. The summed E-state index contributed by atoms with van der Waals surface area (Å²) in [7, 11) is 0.